The number of carbonyl (C=O) groups is 2. The van der Waals surface area contributed by atoms with Gasteiger partial charge in [0.2, 0.25) is 5.91 Å². The maximum Gasteiger partial charge on any atom is 0.286 e. The molecule has 1 aromatic carbocycles. The van der Waals surface area contributed by atoms with Gasteiger partial charge in [-0.15, -0.1) is 0 Å². The number of hydrogen-bond donors (Lipinski definition) is 1. The van der Waals surface area contributed by atoms with E-state index < -0.39 is 0 Å². The molecule has 1 saturated heterocycles. The second kappa shape index (κ2) is 9.12. The van der Waals surface area contributed by atoms with Crippen LogP contribution in [0.2, 0.25) is 0 Å². The minimum atomic E-state index is -0.249. The molecule has 7 nitrogen and oxygen atoms in total. The van der Waals surface area contributed by atoms with Crippen molar-refractivity contribution < 1.29 is 18.7 Å². The van der Waals surface area contributed by atoms with Crippen LogP contribution in [-0.4, -0.2) is 56.5 Å². The molecule has 0 aliphatic carbocycles. The van der Waals surface area contributed by atoms with Crippen LogP contribution in [0, 0.1) is 0 Å². The third-order valence-corrected chi connectivity index (χ3v) is 4.67. The summed E-state index contributed by atoms with van der Waals surface area (Å²) < 4.78 is 10.2. The van der Waals surface area contributed by atoms with Gasteiger partial charge in [0, 0.05) is 44.8 Å². The first-order valence-electron chi connectivity index (χ1n) is 9.16. The van der Waals surface area contributed by atoms with Crippen LogP contribution in [-0.2, 0) is 4.79 Å². The lowest BCUT2D eigenvalue weighted by atomic mass is 10.2. The van der Waals surface area contributed by atoms with E-state index in [1.165, 1.54) is 6.26 Å². The number of piperazine rings is 1. The minimum absolute atomic E-state index is 0.136. The molecule has 1 aliphatic heterocycles. The highest BCUT2D eigenvalue weighted by Gasteiger charge is 2.21. The van der Waals surface area contributed by atoms with E-state index in [0.29, 0.717) is 32.5 Å². The molecule has 144 valence electrons. The molecule has 27 heavy (non-hydrogen) atoms. The fourth-order valence-electron chi connectivity index (χ4n) is 3.10. The summed E-state index contributed by atoms with van der Waals surface area (Å²) in [6.07, 6.45) is 2.51. The van der Waals surface area contributed by atoms with Crippen LogP contribution in [0.25, 0.3) is 0 Å². The lowest BCUT2D eigenvalue weighted by Crippen LogP contribution is -2.48. The number of nitrogens with one attached hydrogen (secondary N) is 1. The van der Waals surface area contributed by atoms with Crippen molar-refractivity contribution in [3.63, 3.8) is 0 Å². The second-order valence-corrected chi connectivity index (χ2v) is 6.40. The molecule has 1 aliphatic rings. The highest BCUT2D eigenvalue weighted by Crippen LogP contribution is 2.20. The fraction of sp³-hybridized carbons (Fsp3) is 0.400. The third kappa shape index (κ3) is 5.03. The Bertz CT molecular complexity index is 735. The van der Waals surface area contributed by atoms with Crippen LogP contribution < -0.4 is 15.0 Å². The topological polar surface area (TPSA) is 75.0 Å². The number of methoxy groups -OCH3 is 1. The molecule has 2 heterocycles. The monoisotopic (exact) mass is 371 g/mol. The molecule has 0 radical (unpaired) electrons. The number of furan rings is 1. The molecule has 0 unspecified atom stereocenters. The van der Waals surface area contributed by atoms with Crippen molar-refractivity contribution in [2.45, 2.75) is 12.8 Å². The van der Waals surface area contributed by atoms with E-state index in [1.54, 1.807) is 19.2 Å². The van der Waals surface area contributed by atoms with Gasteiger partial charge >= 0.3 is 0 Å². The van der Waals surface area contributed by atoms with Crippen molar-refractivity contribution in [1.29, 1.82) is 0 Å². The smallest absolute Gasteiger partial charge is 0.286 e. The molecule has 3 rings (SSSR count). The lowest BCUT2D eigenvalue weighted by molar-refractivity contribution is -0.131. The van der Waals surface area contributed by atoms with E-state index in [-0.39, 0.29) is 17.6 Å². The number of nitrogens with zero attached hydrogens (tertiary/aromatic N) is 2. The van der Waals surface area contributed by atoms with Gasteiger partial charge in [0.15, 0.2) is 5.76 Å². The molecule has 0 saturated carbocycles. The number of ether oxygens (including phenoxy) is 1. The van der Waals surface area contributed by atoms with Crippen LogP contribution >= 0.6 is 0 Å². The summed E-state index contributed by atoms with van der Waals surface area (Å²) in [5, 5.41) is 2.76. The predicted octanol–water partition coefficient (Wildman–Crippen LogP) is 2.15. The van der Waals surface area contributed by atoms with Crippen molar-refractivity contribution >= 4 is 17.5 Å². The summed E-state index contributed by atoms with van der Waals surface area (Å²) in [4.78, 5) is 28.3. The number of amides is 2. The number of hydrogen-bond acceptors (Lipinski definition) is 5. The molecule has 7 heteroatoms. The molecular weight excluding hydrogens is 346 g/mol. The van der Waals surface area contributed by atoms with Crippen LogP contribution in [0.4, 0.5) is 5.69 Å². The first kappa shape index (κ1) is 18.8. The average molecular weight is 371 g/mol. The Hall–Kier alpha value is -2.96. The van der Waals surface area contributed by atoms with Gasteiger partial charge in [-0.05, 0) is 42.8 Å². The Morgan fingerprint density at radius 1 is 1.11 bits per heavy atom. The van der Waals surface area contributed by atoms with Crippen LogP contribution in [0.3, 0.4) is 0 Å². The Labute approximate surface area is 158 Å². The van der Waals surface area contributed by atoms with E-state index in [0.717, 1.165) is 24.5 Å². The molecule has 1 N–H and O–H groups in total. The van der Waals surface area contributed by atoms with Crippen molar-refractivity contribution in [3.05, 3.63) is 48.4 Å². The Kier molecular flexibility index (Phi) is 6.35. The molecule has 1 aromatic heterocycles. The first-order valence-corrected chi connectivity index (χ1v) is 9.16. The number of carbonyl (C=O) groups excluding carboxylic acids is 2. The highest BCUT2D eigenvalue weighted by atomic mass is 16.5. The van der Waals surface area contributed by atoms with Crippen LogP contribution in [0.15, 0.2) is 47.1 Å². The summed E-state index contributed by atoms with van der Waals surface area (Å²) in [6, 6.07) is 11.3. The normalized spacial score (nSPS) is 14.1. The van der Waals surface area contributed by atoms with Crippen molar-refractivity contribution in [2.75, 3.05) is 44.7 Å². The number of benzene rings is 1. The lowest BCUT2D eigenvalue weighted by Gasteiger charge is -2.36. The van der Waals surface area contributed by atoms with Crippen molar-refractivity contribution in [3.8, 4) is 5.75 Å². The van der Waals surface area contributed by atoms with E-state index in [4.69, 9.17) is 9.15 Å². The Morgan fingerprint density at radius 2 is 1.85 bits per heavy atom. The third-order valence-electron chi connectivity index (χ3n) is 4.67. The van der Waals surface area contributed by atoms with Gasteiger partial charge in [0.05, 0.1) is 13.4 Å². The summed E-state index contributed by atoms with van der Waals surface area (Å²) in [5.74, 6) is 1.01. The van der Waals surface area contributed by atoms with Crippen LogP contribution in [0.1, 0.15) is 23.4 Å². The van der Waals surface area contributed by atoms with Gasteiger partial charge < -0.3 is 24.3 Å². The summed E-state index contributed by atoms with van der Waals surface area (Å²) >= 11 is 0. The minimum Gasteiger partial charge on any atom is -0.497 e. The summed E-state index contributed by atoms with van der Waals surface area (Å²) in [5.41, 5.74) is 1.14. The van der Waals surface area contributed by atoms with Gasteiger partial charge in [-0.3, -0.25) is 9.59 Å². The molecular formula is C20H25N3O4. The maximum absolute atomic E-state index is 12.4. The van der Waals surface area contributed by atoms with Crippen molar-refractivity contribution in [1.82, 2.24) is 10.2 Å². The first-order chi connectivity index (χ1) is 13.2. The van der Waals surface area contributed by atoms with Gasteiger partial charge in [0.1, 0.15) is 5.75 Å². The summed E-state index contributed by atoms with van der Waals surface area (Å²) in [7, 11) is 1.65. The number of anilines is 1. The SMILES string of the molecule is COc1ccc(N2CCN(C(=O)CCCNC(=O)c3ccco3)CC2)cc1. The van der Waals surface area contributed by atoms with Crippen molar-refractivity contribution in [2.24, 2.45) is 0 Å². The molecule has 2 aromatic rings. The van der Waals surface area contributed by atoms with Crippen LogP contribution in [0.5, 0.6) is 5.75 Å². The maximum atomic E-state index is 12.4. The molecule has 1 fully saturated rings. The van der Waals surface area contributed by atoms with Gasteiger partial charge in [-0.25, -0.2) is 0 Å². The van der Waals surface area contributed by atoms with Gasteiger partial charge in [-0.1, -0.05) is 0 Å². The van der Waals surface area contributed by atoms with Gasteiger partial charge in [0.25, 0.3) is 5.91 Å². The Morgan fingerprint density at radius 3 is 2.48 bits per heavy atom. The van der Waals surface area contributed by atoms with Gasteiger partial charge in [-0.2, -0.15) is 0 Å². The quantitative estimate of drug-likeness (QED) is 0.755. The summed E-state index contributed by atoms with van der Waals surface area (Å²) in [6.45, 7) is 3.50. The zero-order valence-electron chi connectivity index (χ0n) is 15.5. The average Bonchev–Trinajstić information content (AvgIpc) is 3.26. The van der Waals surface area contributed by atoms with E-state index in [9.17, 15) is 9.59 Å². The predicted molar refractivity (Wildman–Crippen MR) is 102 cm³/mol. The van der Waals surface area contributed by atoms with E-state index in [1.807, 2.05) is 29.2 Å². The molecule has 0 atom stereocenters. The highest BCUT2D eigenvalue weighted by molar-refractivity contribution is 5.91. The largest absolute Gasteiger partial charge is 0.497 e. The van der Waals surface area contributed by atoms with E-state index in [2.05, 4.69) is 10.2 Å². The van der Waals surface area contributed by atoms with E-state index >= 15 is 0 Å². The fourth-order valence-corrected chi connectivity index (χ4v) is 3.10. The molecule has 0 bridgehead atoms. The zero-order valence-corrected chi connectivity index (χ0v) is 15.5. The Balaban J connectivity index is 1.36. The molecule has 2 amide bonds. The second-order valence-electron chi connectivity index (χ2n) is 6.40. The number of rotatable bonds is 7. The zero-order chi connectivity index (χ0) is 19.1. The standard InChI is InChI=1S/C20H25N3O4/c1-26-17-8-6-16(7-9-17)22-11-13-23(14-12-22)19(24)5-2-10-21-20(25)18-4-3-15-27-18/h3-4,6-9,15H,2,5,10-14H2,1H3,(H,21,25). The molecule has 0 spiro atoms.